The first-order valence-corrected chi connectivity index (χ1v) is 8.72. The first-order chi connectivity index (χ1) is 12.2. The van der Waals surface area contributed by atoms with Gasteiger partial charge >= 0.3 is 6.09 Å². The highest BCUT2D eigenvalue weighted by atomic mass is 16.6. The van der Waals surface area contributed by atoms with Crippen LogP contribution in [0.15, 0.2) is 48.5 Å². The topological polar surface area (TPSA) is 62.1 Å². The van der Waals surface area contributed by atoms with Crippen molar-refractivity contribution in [3.05, 3.63) is 70.8 Å². The molecule has 0 radical (unpaired) electrons. The van der Waals surface area contributed by atoms with Gasteiger partial charge in [0.15, 0.2) is 0 Å². The van der Waals surface area contributed by atoms with Crippen LogP contribution in [-0.4, -0.2) is 11.7 Å². The molecule has 0 saturated carbocycles. The van der Waals surface area contributed by atoms with Crippen molar-refractivity contribution in [1.29, 1.82) is 5.26 Å². The Balaban J connectivity index is 2.38. The number of ether oxygens (including phenoxy) is 1. The molecular weight excluding hydrogens is 324 g/mol. The van der Waals surface area contributed by atoms with Crippen molar-refractivity contribution in [2.75, 3.05) is 0 Å². The molecule has 2 rings (SSSR count). The lowest BCUT2D eigenvalue weighted by Gasteiger charge is -2.27. The molecule has 0 aliphatic carbocycles. The fourth-order valence-corrected chi connectivity index (χ4v) is 2.68. The van der Waals surface area contributed by atoms with E-state index in [1.807, 2.05) is 83.1 Å². The van der Waals surface area contributed by atoms with Gasteiger partial charge in [0.2, 0.25) is 0 Å². The molecule has 4 heteroatoms. The Morgan fingerprint density at radius 2 is 1.42 bits per heavy atom. The van der Waals surface area contributed by atoms with Crippen LogP contribution in [0, 0.1) is 25.2 Å². The van der Waals surface area contributed by atoms with Crippen molar-refractivity contribution in [2.45, 2.75) is 52.2 Å². The summed E-state index contributed by atoms with van der Waals surface area (Å²) >= 11 is 0. The number of benzene rings is 2. The lowest BCUT2D eigenvalue weighted by molar-refractivity contribution is 0.0500. The van der Waals surface area contributed by atoms with Gasteiger partial charge in [-0.25, -0.2) is 4.79 Å². The molecule has 4 nitrogen and oxygen atoms in total. The summed E-state index contributed by atoms with van der Waals surface area (Å²) in [5, 5.41) is 12.7. The molecule has 2 atom stereocenters. The molecule has 0 saturated heterocycles. The fourth-order valence-electron chi connectivity index (χ4n) is 2.68. The van der Waals surface area contributed by atoms with Gasteiger partial charge in [0.1, 0.15) is 5.60 Å². The highest BCUT2D eigenvalue weighted by molar-refractivity contribution is 5.69. The van der Waals surface area contributed by atoms with E-state index in [9.17, 15) is 10.1 Å². The van der Waals surface area contributed by atoms with Crippen LogP contribution in [0.4, 0.5) is 4.79 Å². The number of alkyl carbamates (subject to hydrolysis) is 1. The van der Waals surface area contributed by atoms with E-state index < -0.39 is 23.7 Å². The van der Waals surface area contributed by atoms with Gasteiger partial charge < -0.3 is 10.1 Å². The van der Waals surface area contributed by atoms with E-state index in [-0.39, 0.29) is 0 Å². The van der Waals surface area contributed by atoms with Gasteiger partial charge in [-0.05, 0) is 45.7 Å². The number of carbonyl (C=O) groups is 1. The summed E-state index contributed by atoms with van der Waals surface area (Å²) in [4.78, 5) is 12.4. The maximum Gasteiger partial charge on any atom is 0.408 e. The first-order valence-electron chi connectivity index (χ1n) is 8.72. The molecule has 0 fully saturated rings. The molecule has 26 heavy (non-hydrogen) atoms. The number of nitrogens with zero attached hydrogens (tertiary/aromatic N) is 1. The van der Waals surface area contributed by atoms with Crippen molar-refractivity contribution in [3.8, 4) is 6.07 Å². The zero-order chi connectivity index (χ0) is 19.3. The van der Waals surface area contributed by atoms with E-state index >= 15 is 0 Å². The maximum atomic E-state index is 12.4. The van der Waals surface area contributed by atoms with Gasteiger partial charge in [0.05, 0.1) is 18.0 Å². The van der Waals surface area contributed by atoms with Crippen LogP contribution in [0.5, 0.6) is 0 Å². The smallest absolute Gasteiger partial charge is 0.408 e. The number of amides is 1. The van der Waals surface area contributed by atoms with Crippen molar-refractivity contribution in [2.24, 2.45) is 0 Å². The summed E-state index contributed by atoms with van der Waals surface area (Å²) in [5.41, 5.74) is 3.37. The minimum Gasteiger partial charge on any atom is -0.444 e. The molecule has 0 unspecified atom stereocenters. The normalized spacial score (nSPS) is 13.4. The van der Waals surface area contributed by atoms with E-state index in [1.54, 1.807) is 0 Å². The average molecular weight is 350 g/mol. The zero-order valence-corrected chi connectivity index (χ0v) is 16.0. The average Bonchev–Trinajstić information content (AvgIpc) is 2.55. The van der Waals surface area contributed by atoms with Crippen LogP contribution in [0.1, 0.15) is 55.0 Å². The van der Waals surface area contributed by atoms with Gasteiger partial charge in [-0.15, -0.1) is 0 Å². The van der Waals surface area contributed by atoms with Crippen molar-refractivity contribution >= 4 is 6.09 Å². The Morgan fingerprint density at radius 3 is 1.85 bits per heavy atom. The Bertz CT molecular complexity index is 781. The number of carbonyl (C=O) groups excluding carboxylic acids is 1. The molecule has 136 valence electrons. The SMILES string of the molecule is Cc1ccc([C@H](C#N)[C@@H](NC(=O)OC(C)(C)C)c2ccc(C)cc2)cc1. The van der Waals surface area contributed by atoms with E-state index in [1.165, 1.54) is 0 Å². The standard InChI is InChI=1S/C22H26N2O2/c1-15-6-10-17(11-7-15)19(14-23)20(18-12-8-16(2)9-13-18)24-21(25)26-22(3,4)5/h6-13,19-20H,1-5H3,(H,24,25)/t19-,20-/m0/s1. The minimum atomic E-state index is -0.603. The molecule has 0 bridgehead atoms. The largest absolute Gasteiger partial charge is 0.444 e. The third kappa shape index (κ3) is 5.35. The molecule has 0 aliphatic heterocycles. The monoisotopic (exact) mass is 350 g/mol. The molecule has 2 aromatic rings. The molecule has 0 aromatic heterocycles. The summed E-state index contributed by atoms with van der Waals surface area (Å²) in [5.74, 6) is -0.522. The Labute approximate surface area is 155 Å². The predicted molar refractivity (Wildman–Crippen MR) is 103 cm³/mol. The lowest BCUT2D eigenvalue weighted by atomic mass is 9.87. The third-order valence-electron chi connectivity index (χ3n) is 4.02. The molecule has 1 amide bonds. The van der Waals surface area contributed by atoms with Crippen molar-refractivity contribution in [3.63, 3.8) is 0 Å². The van der Waals surface area contributed by atoms with Gasteiger partial charge in [0.25, 0.3) is 0 Å². The summed E-state index contributed by atoms with van der Waals surface area (Å²) in [7, 11) is 0. The number of nitriles is 1. The van der Waals surface area contributed by atoms with E-state index in [0.717, 1.165) is 22.3 Å². The third-order valence-corrected chi connectivity index (χ3v) is 4.02. The molecule has 1 N–H and O–H groups in total. The highest BCUT2D eigenvalue weighted by Gasteiger charge is 2.28. The second-order valence-electron chi connectivity index (χ2n) is 7.55. The summed E-state index contributed by atoms with van der Waals surface area (Å²) in [6.45, 7) is 9.45. The maximum absolute atomic E-state index is 12.4. The van der Waals surface area contributed by atoms with Gasteiger partial charge in [-0.1, -0.05) is 59.7 Å². The van der Waals surface area contributed by atoms with Crippen molar-refractivity contribution in [1.82, 2.24) is 5.32 Å². The second kappa shape index (κ2) is 8.05. The van der Waals surface area contributed by atoms with Crippen LogP contribution in [-0.2, 0) is 4.74 Å². The number of rotatable bonds is 4. The molecular formula is C22H26N2O2. The number of hydrogen-bond donors (Lipinski definition) is 1. The number of hydrogen-bond acceptors (Lipinski definition) is 3. The number of aryl methyl sites for hydroxylation is 2. The van der Waals surface area contributed by atoms with E-state index in [2.05, 4.69) is 11.4 Å². The highest BCUT2D eigenvalue weighted by Crippen LogP contribution is 2.31. The fraction of sp³-hybridized carbons (Fsp3) is 0.364. The summed E-state index contributed by atoms with van der Waals surface area (Å²) in [6, 6.07) is 17.5. The Morgan fingerprint density at radius 1 is 0.962 bits per heavy atom. The predicted octanol–water partition coefficient (Wildman–Crippen LogP) is 5.18. The Hall–Kier alpha value is -2.80. The molecule has 0 heterocycles. The van der Waals surface area contributed by atoms with Crippen LogP contribution < -0.4 is 5.32 Å². The van der Waals surface area contributed by atoms with Gasteiger partial charge in [-0.2, -0.15) is 5.26 Å². The van der Waals surface area contributed by atoms with Crippen LogP contribution in [0.3, 0.4) is 0 Å². The van der Waals surface area contributed by atoms with Crippen LogP contribution >= 0.6 is 0 Å². The summed E-state index contributed by atoms with van der Waals surface area (Å²) < 4.78 is 5.40. The van der Waals surface area contributed by atoms with Gasteiger partial charge in [-0.3, -0.25) is 0 Å². The van der Waals surface area contributed by atoms with Crippen LogP contribution in [0.2, 0.25) is 0 Å². The lowest BCUT2D eigenvalue weighted by Crippen LogP contribution is -2.37. The van der Waals surface area contributed by atoms with Crippen LogP contribution in [0.25, 0.3) is 0 Å². The molecule has 0 aliphatic rings. The van der Waals surface area contributed by atoms with Crippen molar-refractivity contribution < 1.29 is 9.53 Å². The van der Waals surface area contributed by atoms with Gasteiger partial charge in [0, 0.05) is 0 Å². The Kier molecular flexibility index (Phi) is 6.05. The second-order valence-corrected chi connectivity index (χ2v) is 7.55. The summed E-state index contributed by atoms with van der Waals surface area (Å²) in [6.07, 6.45) is -0.532. The molecule has 0 spiro atoms. The first kappa shape index (κ1) is 19.5. The minimum absolute atomic E-state index is 0.502. The number of nitrogens with one attached hydrogen (secondary N) is 1. The quantitative estimate of drug-likeness (QED) is 0.827. The van der Waals surface area contributed by atoms with E-state index in [4.69, 9.17) is 4.74 Å². The molecule has 2 aromatic carbocycles. The zero-order valence-electron chi connectivity index (χ0n) is 16.0. The van der Waals surface area contributed by atoms with E-state index in [0.29, 0.717) is 0 Å².